The summed E-state index contributed by atoms with van der Waals surface area (Å²) < 4.78 is 1.82. The van der Waals surface area contributed by atoms with Crippen LogP contribution in [0, 0.1) is 12.8 Å². The van der Waals surface area contributed by atoms with Gasteiger partial charge in [-0.1, -0.05) is 43.3 Å². The van der Waals surface area contributed by atoms with Crippen molar-refractivity contribution in [3.8, 4) is 0 Å². The quantitative estimate of drug-likeness (QED) is 0.580. The van der Waals surface area contributed by atoms with Crippen molar-refractivity contribution >= 4 is 34.7 Å². The van der Waals surface area contributed by atoms with E-state index in [0.717, 1.165) is 33.7 Å². The van der Waals surface area contributed by atoms with Crippen LogP contribution < -0.4 is 5.32 Å². The number of tetrazole rings is 1. The number of amides is 1. The summed E-state index contributed by atoms with van der Waals surface area (Å²) in [4.78, 5) is 16.7. The summed E-state index contributed by atoms with van der Waals surface area (Å²) in [6, 6.07) is 7.75. The van der Waals surface area contributed by atoms with Crippen LogP contribution in [0.5, 0.6) is 0 Å². The number of aromatic nitrogens is 5. The van der Waals surface area contributed by atoms with Gasteiger partial charge >= 0.3 is 0 Å². The molecule has 1 aromatic carbocycles. The molecule has 2 aromatic heterocycles. The minimum absolute atomic E-state index is 0.0618. The molecular formula is C18H22N6OS2. The van der Waals surface area contributed by atoms with Gasteiger partial charge in [0, 0.05) is 23.4 Å². The van der Waals surface area contributed by atoms with Gasteiger partial charge in [0.05, 0.1) is 12.1 Å². The Morgan fingerprint density at radius 2 is 2.07 bits per heavy atom. The third-order valence-electron chi connectivity index (χ3n) is 3.63. The number of thioether (sulfide) groups is 1. The Balaban J connectivity index is 1.52. The highest BCUT2D eigenvalue weighted by molar-refractivity contribution is 7.98. The van der Waals surface area contributed by atoms with Crippen LogP contribution in [0.3, 0.4) is 0 Å². The van der Waals surface area contributed by atoms with Gasteiger partial charge in [-0.3, -0.25) is 4.79 Å². The lowest BCUT2D eigenvalue weighted by Gasteiger charge is -2.05. The molecule has 9 heteroatoms. The SMILES string of the molecule is Cc1ccc(NC(=O)Cc2nc(CSc3nnnn3CC(C)C)cs2)cc1. The molecule has 3 aromatic rings. The van der Waals surface area contributed by atoms with Crippen molar-refractivity contribution in [3.05, 3.63) is 45.9 Å². The average Bonchev–Trinajstić information content (AvgIpc) is 3.24. The van der Waals surface area contributed by atoms with Crippen molar-refractivity contribution in [1.82, 2.24) is 25.2 Å². The smallest absolute Gasteiger partial charge is 0.231 e. The van der Waals surface area contributed by atoms with Crippen LogP contribution in [0.2, 0.25) is 0 Å². The maximum absolute atomic E-state index is 12.2. The third-order valence-corrected chi connectivity index (χ3v) is 5.52. The van der Waals surface area contributed by atoms with Crippen LogP contribution in [-0.2, 0) is 23.5 Å². The van der Waals surface area contributed by atoms with Gasteiger partial charge in [-0.25, -0.2) is 9.67 Å². The van der Waals surface area contributed by atoms with Crippen LogP contribution >= 0.6 is 23.1 Å². The number of nitrogens with one attached hydrogen (secondary N) is 1. The van der Waals surface area contributed by atoms with Gasteiger partial charge in [-0.2, -0.15) is 0 Å². The summed E-state index contributed by atoms with van der Waals surface area (Å²) in [5.74, 6) is 1.09. The zero-order valence-corrected chi connectivity index (χ0v) is 17.2. The molecule has 0 aliphatic heterocycles. The lowest BCUT2D eigenvalue weighted by atomic mass is 10.2. The molecule has 27 heavy (non-hydrogen) atoms. The normalized spacial score (nSPS) is 11.1. The number of anilines is 1. The molecule has 0 saturated heterocycles. The van der Waals surface area contributed by atoms with Gasteiger partial charge in [0.2, 0.25) is 11.1 Å². The molecule has 142 valence electrons. The summed E-state index contributed by atoms with van der Waals surface area (Å²) in [7, 11) is 0. The number of thiazole rings is 1. The van der Waals surface area contributed by atoms with E-state index in [4.69, 9.17) is 0 Å². The van der Waals surface area contributed by atoms with E-state index in [0.29, 0.717) is 11.7 Å². The molecule has 0 unspecified atom stereocenters. The molecule has 0 aliphatic rings. The molecule has 3 rings (SSSR count). The lowest BCUT2D eigenvalue weighted by molar-refractivity contribution is -0.115. The summed E-state index contributed by atoms with van der Waals surface area (Å²) in [6.45, 7) is 7.06. The minimum atomic E-state index is -0.0618. The van der Waals surface area contributed by atoms with E-state index >= 15 is 0 Å². The number of hydrogen-bond acceptors (Lipinski definition) is 7. The first kappa shape index (κ1) is 19.5. The largest absolute Gasteiger partial charge is 0.326 e. The molecule has 2 heterocycles. The second-order valence-electron chi connectivity index (χ2n) is 6.65. The summed E-state index contributed by atoms with van der Waals surface area (Å²) in [6.07, 6.45) is 0.272. The molecule has 0 radical (unpaired) electrons. The highest BCUT2D eigenvalue weighted by atomic mass is 32.2. The second-order valence-corrected chi connectivity index (χ2v) is 8.53. The van der Waals surface area contributed by atoms with E-state index < -0.39 is 0 Å². The number of hydrogen-bond donors (Lipinski definition) is 1. The number of carbonyl (C=O) groups is 1. The standard InChI is InChI=1S/C18H22N6OS2/c1-12(2)9-24-18(21-22-23-24)27-11-15-10-26-17(20-15)8-16(25)19-14-6-4-13(3)5-7-14/h4-7,10,12H,8-9,11H2,1-3H3,(H,19,25). The molecule has 0 saturated carbocycles. The predicted octanol–water partition coefficient (Wildman–Crippen LogP) is 3.57. The molecule has 0 bridgehead atoms. The Morgan fingerprint density at radius 3 is 2.81 bits per heavy atom. The first-order valence-electron chi connectivity index (χ1n) is 8.68. The monoisotopic (exact) mass is 402 g/mol. The molecule has 1 N–H and O–H groups in total. The Hall–Kier alpha value is -2.26. The average molecular weight is 403 g/mol. The number of benzene rings is 1. The maximum atomic E-state index is 12.2. The van der Waals surface area contributed by atoms with Crippen molar-refractivity contribution < 1.29 is 4.79 Å². The first-order valence-corrected chi connectivity index (χ1v) is 10.5. The van der Waals surface area contributed by atoms with E-state index in [1.54, 1.807) is 11.8 Å². The van der Waals surface area contributed by atoms with E-state index in [9.17, 15) is 4.79 Å². The van der Waals surface area contributed by atoms with Gasteiger partial charge < -0.3 is 5.32 Å². The molecule has 0 aliphatic carbocycles. The first-order chi connectivity index (χ1) is 13.0. The predicted molar refractivity (Wildman–Crippen MR) is 108 cm³/mol. The zero-order valence-electron chi connectivity index (χ0n) is 15.5. The Kier molecular flexibility index (Phi) is 6.57. The van der Waals surface area contributed by atoms with Gasteiger partial charge in [-0.15, -0.1) is 16.4 Å². The Bertz CT molecular complexity index is 887. The summed E-state index contributed by atoms with van der Waals surface area (Å²) >= 11 is 3.05. The van der Waals surface area contributed by atoms with Crippen molar-refractivity contribution in [2.45, 2.75) is 44.6 Å². The van der Waals surface area contributed by atoms with Crippen LogP contribution in [-0.4, -0.2) is 31.1 Å². The van der Waals surface area contributed by atoms with Crippen molar-refractivity contribution in [2.75, 3.05) is 5.32 Å². The van der Waals surface area contributed by atoms with E-state index in [1.165, 1.54) is 11.3 Å². The summed E-state index contributed by atoms with van der Waals surface area (Å²) in [5, 5.41) is 18.3. The fraction of sp³-hybridized carbons (Fsp3) is 0.389. The molecule has 7 nitrogen and oxygen atoms in total. The van der Waals surface area contributed by atoms with E-state index in [2.05, 4.69) is 39.7 Å². The van der Waals surface area contributed by atoms with E-state index in [-0.39, 0.29) is 12.3 Å². The molecular weight excluding hydrogens is 380 g/mol. The topological polar surface area (TPSA) is 85.6 Å². The molecule has 1 amide bonds. The van der Waals surface area contributed by atoms with Crippen molar-refractivity contribution in [1.29, 1.82) is 0 Å². The Labute approximate surface area is 166 Å². The van der Waals surface area contributed by atoms with Gasteiger partial charge in [0.1, 0.15) is 5.01 Å². The number of nitrogens with zero attached hydrogens (tertiary/aromatic N) is 5. The third kappa shape index (κ3) is 5.86. The lowest BCUT2D eigenvalue weighted by Crippen LogP contribution is -2.14. The van der Waals surface area contributed by atoms with Crippen molar-refractivity contribution in [2.24, 2.45) is 5.92 Å². The van der Waals surface area contributed by atoms with Crippen LogP contribution in [0.4, 0.5) is 5.69 Å². The molecule has 0 atom stereocenters. The minimum Gasteiger partial charge on any atom is -0.326 e. The number of rotatable bonds is 8. The zero-order chi connectivity index (χ0) is 19.2. The molecule has 0 fully saturated rings. The second kappa shape index (κ2) is 9.09. The Morgan fingerprint density at radius 1 is 1.30 bits per heavy atom. The van der Waals surface area contributed by atoms with Gasteiger partial charge in [-0.05, 0) is 35.4 Å². The summed E-state index contributed by atoms with van der Waals surface area (Å²) in [5.41, 5.74) is 2.90. The van der Waals surface area contributed by atoms with Crippen molar-refractivity contribution in [3.63, 3.8) is 0 Å². The van der Waals surface area contributed by atoms with Crippen LogP contribution in [0.15, 0.2) is 34.8 Å². The number of aryl methyl sites for hydroxylation is 1. The van der Waals surface area contributed by atoms with Gasteiger partial charge in [0.25, 0.3) is 0 Å². The van der Waals surface area contributed by atoms with Crippen LogP contribution in [0.25, 0.3) is 0 Å². The van der Waals surface area contributed by atoms with Gasteiger partial charge in [0.15, 0.2) is 0 Å². The fourth-order valence-electron chi connectivity index (χ4n) is 2.37. The number of carbonyl (C=O) groups excluding carboxylic acids is 1. The molecule has 0 spiro atoms. The highest BCUT2D eigenvalue weighted by Crippen LogP contribution is 2.22. The van der Waals surface area contributed by atoms with E-state index in [1.807, 2.05) is 41.3 Å². The fourth-order valence-corrected chi connectivity index (χ4v) is 4.05. The van der Waals surface area contributed by atoms with Crippen LogP contribution in [0.1, 0.15) is 30.1 Å². The maximum Gasteiger partial charge on any atom is 0.231 e. The highest BCUT2D eigenvalue weighted by Gasteiger charge is 2.12.